The normalized spacial score (nSPS) is 23.2. The maximum atomic E-state index is 13.6. The van der Waals surface area contributed by atoms with Crippen LogP contribution in [0.4, 0.5) is 0 Å². The first-order valence-electron chi connectivity index (χ1n) is 12.1. The molecule has 0 bridgehead atoms. The van der Waals surface area contributed by atoms with E-state index in [0.29, 0.717) is 24.0 Å². The molecule has 8 nitrogen and oxygen atoms in total. The van der Waals surface area contributed by atoms with Crippen molar-refractivity contribution in [2.24, 2.45) is 11.3 Å². The Balaban J connectivity index is 2.38. The molecule has 0 spiro atoms. The van der Waals surface area contributed by atoms with Gasteiger partial charge in [0.25, 0.3) is 0 Å². The van der Waals surface area contributed by atoms with Gasteiger partial charge in [-0.3, -0.25) is 19.2 Å². The number of methoxy groups -OCH3 is 1. The summed E-state index contributed by atoms with van der Waals surface area (Å²) in [5.74, 6) is -2.23. The third kappa shape index (κ3) is 4.93. The molecule has 0 N–H and O–H groups in total. The Morgan fingerprint density at radius 2 is 1.63 bits per heavy atom. The molecule has 35 heavy (non-hydrogen) atoms. The molecule has 3 atom stereocenters. The number of hydrogen-bond acceptors (Lipinski definition) is 8. The molecule has 3 rings (SSSR count). The number of ether oxygens (including phenoxy) is 4. The molecular formula is C27H36O8. The lowest BCUT2D eigenvalue weighted by Crippen LogP contribution is -2.55. The number of carbonyl (C=O) groups excluding carboxylic acids is 4. The standard InChI is InChI=1S/C27H36O8/c1-15(14-33-16(2)28)20-13-19-9-10-21-26(5,6)11-8-12-27(21,25(31)32-7)22(19)24(35-18(4)30)23(20)34-17(3)29/h13,15,21H,8-12,14H2,1-7H3/t15-,21+,27-/m1/s1. The average Bonchev–Trinajstić information content (AvgIpc) is 2.76. The lowest BCUT2D eigenvalue weighted by Gasteiger charge is -2.54. The lowest BCUT2D eigenvalue weighted by atomic mass is 9.49. The van der Waals surface area contributed by atoms with Crippen LogP contribution in [-0.4, -0.2) is 37.6 Å². The van der Waals surface area contributed by atoms with Crippen molar-refractivity contribution in [3.05, 3.63) is 22.8 Å². The summed E-state index contributed by atoms with van der Waals surface area (Å²) in [6.07, 6.45) is 3.72. The van der Waals surface area contributed by atoms with Crippen LogP contribution in [0.25, 0.3) is 0 Å². The van der Waals surface area contributed by atoms with E-state index in [-0.39, 0.29) is 41.3 Å². The molecule has 1 aromatic carbocycles. The first-order valence-corrected chi connectivity index (χ1v) is 12.1. The van der Waals surface area contributed by atoms with Crippen LogP contribution in [0.5, 0.6) is 11.5 Å². The van der Waals surface area contributed by atoms with Crippen molar-refractivity contribution in [1.29, 1.82) is 0 Å². The van der Waals surface area contributed by atoms with Crippen LogP contribution in [0, 0.1) is 11.3 Å². The highest BCUT2D eigenvalue weighted by Crippen LogP contribution is 2.61. The van der Waals surface area contributed by atoms with Gasteiger partial charge >= 0.3 is 23.9 Å². The van der Waals surface area contributed by atoms with E-state index in [1.165, 1.54) is 27.9 Å². The third-order valence-corrected chi connectivity index (χ3v) is 7.53. The van der Waals surface area contributed by atoms with Crippen LogP contribution < -0.4 is 9.47 Å². The molecule has 0 radical (unpaired) electrons. The predicted octanol–water partition coefficient (Wildman–Crippen LogP) is 4.39. The monoisotopic (exact) mass is 488 g/mol. The van der Waals surface area contributed by atoms with E-state index in [1.54, 1.807) is 0 Å². The molecule has 0 amide bonds. The van der Waals surface area contributed by atoms with Gasteiger partial charge in [0, 0.05) is 37.8 Å². The Hall–Kier alpha value is -2.90. The lowest BCUT2D eigenvalue weighted by molar-refractivity contribution is -0.157. The minimum Gasteiger partial charge on any atom is -0.468 e. The maximum Gasteiger partial charge on any atom is 0.316 e. The first-order chi connectivity index (χ1) is 16.3. The Labute approximate surface area is 206 Å². The van der Waals surface area contributed by atoms with Crippen molar-refractivity contribution in [3.8, 4) is 11.5 Å². The average molecular weight is 489 g/mol. The van der Waals surface area contributed by atoms with Gasteiger partial charge < -0.3 is 18.9 Å². The first kappa shape index (κ1) is 26.7. The minimum atomic E-state index is -1.04. The summed E-state index contributed by atoms with van der Waals surface area (Å²) in [7, 11) is 1.37. The van der Waals surface area contributed by atoms with Crippen molar-refractivity contribution < 1.29 is 38.1 Å². The molecule has 2 aliphatic rings. The van der Waals surface area contributed by atoms with E-state index in [0.717, 1.165) is 24.8 Å². The molecule has 1 aromatic rings. The molecule has 1 fully saturated rings. The molecule has 0 aliphatic heterocycles. The number of benzene rings is 1. The zero-order valence-corrected chi connectivity index (χ0v) is 21.7. The van der Waals surface area contributed by atoms with Gasteiger partial charge in [0.15, 0.2) is 11.5 Å². The number of esters is 4. The Morgan fingerprint density at radius 1 is 1.00 bits per heavy atom. The Bertz CT molecular complexity index is 1040. The van der Waals surface area contributed by atoms with Crippen molar-refractivity contribution in [3.63, 3.8) is 0 Å². The zero-order valence-electron chi connectivity index (χ0n) is 21.7. The van der Waals surface area contributed by atoms with E-state index in [9.17, 15) is 19.2 Å². The SMILES string of the molecule is COC(=O)[C@]12CCCC(C)(C)[C@@H]1CCc1cc([C@H](C)COC(C)=O)c(OC(C)=O)c(OC(C)=O)c12. The van der Waals surface area contributed by atoms with Crippen LogP contribution in [0.15, 0.2) is 6.07 Å². The number of carbonyl (C=O) groups is 4. The molecule has 192 valence electrons. The van der Waals surface area contributed by atoms with Crippen molar-refractivity contribution in [2.75, 3.05) is 13.7 Å². The van der Waals surface area contributed by atoms with Crippen LogP contribution in [0.3, 0.4) is 0 Å². The van der Waals surface area contributed by atoms with E-state index < -0.39 is 23.3 Å². The molecule has 8 heteroatoms. The summed E-state index contributed by atoms with van der Waals surface area (Å²) in [5.41, 5.74) is 0.802. The summed E-state index contributed by atoms with van der Waals surface area (Å²) >= 11 is 0. The third-order valence-electron chi connectivity index (χ3n) is 7.53. The van der Waals surface area contributed by atoms with Gasteiger partial charge in [-0.25, -0.2) is 0 Å². The van der Waals surface area contributed by atoms with Gasteiger partial charge in [0.05, 0.1) is 13.7 Å². The molecule has 0 heterocycles. The summed E-state index contributed by atoms with van der Waals surface area (Å²) in [6.45, 7) is 10.1. The molecular weight excluding hydrogens is 452 g/mol. The largest absolute Gasteiger partial charge is 0.468 e. The van der Waals surface area contributed by atoms with Crippen LogP contribution in [0.2, 0.25) is 0 Å². The van der Waals surface area contributed by atoms with Crippen molar-refractivity contribution in [1.82, 2.24) is 0 Å². The van der Waals surface area contributed by atoms with Crippen molar-refractivity contribution >= 4 is 23.9 Å². The van der Waals surface area contributed by atoms with Gasteiger partial charge in [-0.15, -0.1) is 0 Å². The minimum absolute atomic E-state index is 0.0486. The van der Waals surface area contributed by atoms with Gasteiger partial charge in [0.2, 0.25) is 0 Å². The second-order valence-corrected chi connectivity index (χ2v) is 10.4. The zero-order chi connectivity index (χ0) is 26.1. The van der Waals surface area contributed by atoms with Gasteiger partial charge in [0.1, 0.15) is 5.41 Å². The highest BCUT2D eigenvalue weighted by Gasteiger charge is 2.59. The number of fused-ring (bicyclic) bond motifs is 3. The summed E-state index contributed by atoms with van der Waals surface area (Å²) in [4.78, 5) is 49.5. The maximum absolute atomic E-state index is 13.6. The topological polar surface area (TPSA) is 105 Å². The molecule has 0 aromatic heterocycles. The smallest absolute Gasteiger partial charge is 0.316 e. The molecule has 0 saturated heterocycles. The number of hydrogen-bond donors (Lipinski definition) is 0. The molecule has 1 saturated carbocycles. The Morgan fingerprint density at radius 3 is 2.20 bits per heavy atom. The predicted molar refractivity (Wildman–Crippen MR) is 127 cm³/mol. The highest BCUT2D eigenvalue weighted by molar-refractivity contribution is 5.88. The fourth-order valence-electron chi connectivity index (χ4n) is 6.19. The number of rotatable bonds is 6. The Kier molecular flexibility index (Phi) is 7.62. The summed E-state index contributed by atoms with van der Waals surface area (Å²) in [6, 6.07) is 1.90. The second-order valence-electron chi connectivity index (χ2n) is 10.4. The van der Waals surface area contributed by atoms with E-state index in [4.69, 9.17) is 18.9 Å². The summed E-state index contributed by atoms with van der Waals surface area (Å²) in [5, 5.41) is 0. The van der Waals surface area contributed by atoms with Gasteiger partial charge in [-0.05, 0) is 42.6 Å². The highest BCUT2D eigenvalue weighted by atomic mass is 16.6. The van der Waals surface area contributed by atoms with Crippen LogP contribution in [-0.2, 0) is 40.5 Å². The van der Waals surface area contributed by atoms with E-state index >= 15 is 0 Å². The van der Waals surface area contributed by atoms with Crippen molar-refractivity contribution in [2.45, 2.75) is 85.0 Å². The molecule has 2 aliphatic carbocycles. The number of aryl methyl sites for hydroxylation is 1. The van der Waals surface area contributed by atoms with E-state index in [2.05, 4.69) is 13.8 Å². The quantitative estimate of drug-likeness (QED) is 0.429. The fraction of sp³-hybridized carbons (Fsp3) is 0.630. The van der Waals surface area contributed by atoms with Gasteiger partial charge in [-0.1, -0.05) is 33.3 Å². The second kappa shape index (κ2) is 9.99. The van der Waals surface area contributed by atoms with E-state index in [1.807, 2.05) is 13.0 Å². The molecule has 0 unspecified atom stereocenters. The van der Waals surface area contributed by atoms with Crippen LogP contribution >= 0.6 is 0 Å². The summed E-state index contributed by atoms with van der Waals surface area (Å²) < 4.78 is 22.0. The van der Waals surface area contributed by atoms with Gasteiger partial charge in [-0.2, -0.15) is 0 Å². The fourth-order valence-corrected chi connectivity index (χ4v) is 6.19. The van der Waals surface area contributed by atoms with Crippen LogP contribution in [0.1, 0.15) is 89.8 Å².